The van der Waals surface area contributed by atoms with Gasteiger partial charge in [0, 0.05) is 37.0 Å². The van der Waals surface area contributed by atoms with Gasteiger partial charge in [0.15, 0.2) is 0 Å². The molecule has 0 bridgehead atoms. The van der Waals surface area contributed by atoms with Gasteiger partial charge >= 0.3 is 0 Å². The lowest BCUT2D eigenvalue weighted by Crippen LogP contribution is -2.48. The Labute approximate surface area is 161 Å². The quantitative estimate of drug-likeness (QED) is 0.845. The molecule has 0 spiro atoms. The van der Waals surface area contributed by atoms with Crippen molar-refractivity contribution >= 4 is 16.8 Å². The van der Waals surface area contributed by atoms with Gasteiger partial charge in [0.05, 0.1) is 16.8 Å². The number of hydrogen-bond acceptors (Lipinski definition) is 3. The minimum absolute atomic E-state index is 0.119. The third kappa shape index (κ3) is 2.78. The molecule has 4 heteroatoms. The molecule has 2 atom stereocenters. The number of piperazine rings is 1. The molecule has 1 aliphatic carbocycles. The van der Waals surface area contributed by atoms with Crippen LogP contribution in [0.25, 0.3) is 10.9 Å². The lowest BCUT2D eigenvalue weighted by atomic mass is 9.52. The highest BCUT2D eigenvalue weighted by atomic mass is 16.2. The molecule has 4 nitrogen and oxygen atoms in total. The van der Waals surface area contributed by atoms with Crippen LogP contribution in [0.4, 0.5) is 0 Å². The summed E-state index contributed by atoms with van der Waals surface area (Å²) in [6, 6.07) is 10.1. The number of benzene rings is 1. The zero-order valence-corrected chi connectivity index (χ0v) is 16.6. The number of allylic oxidation sites excluding steroid dienone is 1. The predicted octanol–water partition coefficient (Wildman–Crippen LogP) is 3.77. The van der Waals surface area contributed by atoms with Crippen molar-refractivity contribution in [3.05, 3.63) is 53.7 Å². The number of fused-ring (bicyclic) bond motifs is 1. The highest BCUT2D eigenvalue weighted by molar-refractivity contribution is 6.06. The van der Waals surface area contributed by atoms with Crippen LogP contribution in [-0.2, 0) is 5.41 Å². The van der Waals surface area contributed by atoms with Gasteiger partial charge in [-0.25, -0.2) is 0 Å². The standard InChI is InChI=1S/C23H29N3O/c1-15(2)23(14-16(3)17(23)4)21-13-19(18-7-5-6-8-20(18)25-21)22(27)26-11-9-24-10-12-26/h5-8,13,15-16,24H,4,9-12,14H2,1-3H3. The molecule has 1 aromatic heterocycles. The first-order chi connectivity index (χ1) is 12.9. The van der Waals surface area contributed by atoms with E-state index in [4.69, 9.17) is 4.98 Å². The molecule has 1 saturated carbocycles. The Bertz CT molecular complexity index is 898. The second kappa shape index (κ2) is 6.75. The SMILES string of the molecule is C=C1C(C)CC1(c1cc(C(=O)N2CCNCC2)c2ccccc2n1)C(C)C. The van der Waals surface area contributed by atoms with Gasteiger partial charge in [-0.3, -0.25) is 9.78 Å². The molecule has 2 heterocycles. The monoisotopic (exact) mass is 363 g/mol. The van der Waals surface area contributed by atoms with Gasteiger partial charge in [-0.2, -0.15) is 0 Å². The van der Waals surface area contributed by atoms with Gasteiger partial charge < -0.3 is 10.2 Å². The van der Waals surface area contributed by atoms with E-state index in [1.165, 1.54) is 5.57 Å². The van der Waals surface area contributed by atoms with Gasteiger partial charge in [0.25, 0.3) is 5.91 Å². The van der Waals surface area contributed by atoms with Crippen molar-refractivity contribution in [3.63, 3.8) is 0 Å². The fourth-order valence-corrected chi connectivity index (χ4v) is 4.84. The Hall–Kier alpha value is -2.20. The maximum Gasteiger partial charge on any atom is 0.254 e. The van der Waals surface area contributed by atoms with Crippen LogP contribution in [0.5, 0.6) is 0 Å². The first kappa shape index (κ1) is 18.2. The first-order valence-corrected chi connectivity index (χ1v) is 10.0. The molecule has 1 aliphatic heterocycles. The summed E-state index contributed by atoms with van der Waals surface area (Å²) >= 11 is 0. The number of amides is 1. The first-order valence-electron chi connectivity index (χ1n) is 10.0. The molecular weight excluding hydrogens is 334 g/mol. The summed E-state index contributed by atoms with van der Waals surface area (Å²) in [7, 11) is 0. The highest BCUT2D eigenvalue weighted by Crippen LogP contribution is 2.55. The maximum absolute atomic E-state index is 13.4. The lowest BCUT2D eigenvalue weighted by molar-refractivity contribution is 0.0737. The van der Waals surface area contributed by atoms with Crippen LogP contribution in [0.3, 0.4) is 0 Å². The van der Waals surface area contributed by atoms with Gasteiger partial charge in [-0.05, 0) is 30.4 Å². The van der Waals surface area contributed by atoms with Crippen molar-refractivity contribution in [2.75, 3.05) is 26.2 Å². The summed E-state index contributed by atoms with van der Waals surface area (Å²) < 4.78 is 0. The maximum atomic E-state index is 13.4. The Kier molecular flexibility index (Phi) is 4.55. The van der Waals surface area contributed by atoms with Crippen molar-refractivity contribution < 1.29 is 4.79 Å². The molecule has 2 aliphatic rings. The minimum atomic E-state index is -0.123. The lowest BCUT2D eigenvalue weighted by Gasteiger charge is -2.52. The van der Waals surface area contributed by atoms with Crippen molar-refractivity contribution in [2.24, 2.45) is 11.8 Å². The molecule has 27 heavy (non-hydrogen) atoms. The molecule has 1 aromatic carbocycles. The van der Waals surface area contributed by atoms with Crippen molar-refractivity contribution in [1.29, 1.82) is 0 Å². The van der Waals surface area contributed by atoms with E-state index in [1.807, 2.05) is 29.2 Å². The van der Waals surface area contributed by atoms with E-state index in [2.05, 4.69) is 38.7 Å². The number of hydrogen-bond donors (Lipinski definition) is 1. The molecule has 2 aromatic rings. The van der Waals surface area contributed by atoms with E-state index in [0.717, 1.165) is 54.8 Å². The third-order valence-corrected chi connectivity index (χ3v) is 6.59. The minimum Gasteiger partial charge on any atom is -0.336 e. The van der Waals surface area contributed by atoms with E-state index in [1.54, 1.807) is 0 Å². The van der Waals surface area contributed by atoms with Crippen molar-refractivity contribution in [1.82, 2.24) is 15.2 Å². The molecule has 2 fully saturated rings. The number of carbonyl (C=O) groups is 1. The summed E-state index contributed by atoms with van der Waals surface area (Å²) in [4.78, 5) is 20.3. The Balaban J connectivity index is 1.86. The molecule has 142 valence electrons. The van der Waals surface area contributed by atoms with Crippen LogP contribution in [-0.4, -0.2) is 42.0 Å². The molecule has 2 unspecified atom stereocenters. The fraction of sp³-hybridized carbons (Fsp3) is 0.478. The molecule has 4 rings (SSSR count). The van der Waals surface area contributed by atoms with Gasteiger partial charge in [0.1, 0.15) is 0 Å². The smallest absolute Gasteiger partial charge is 0.254 e. The second-order valence-electron chi connectivity index (χ2n) is 8.37. The summed E-state index contributed by atoms with van der Waals surface area (Å²) in [5.41, 5.74) is 3.83. The number of carbonyl (C=O) groups excluding carboxylic acids is 1. The van der Waals surface area contributed by atoms with E-state index in [0.29, 0.717) is 11.8 Å². The number of rotatable bonds is 3. The summed E-state index contributed by atoms with van der Waals surface area (Å²) in [6.45, 7) is 14.3. The zero-order chi connectivity index (χ0) is 19.2. The highest BCUT2D eigenvalue weighted by Gasteiger charge is 2.50. The normalized spacial score (nSPS) is 25.7. The van der Waals surface area contributed by atoms with E-state index in [9.17, 15) is 4.79 Å². The second-order valence-corrected chi connectivity index (χ2v) is 8.37. The summed E-state index contributed by atoms with van der Waals surface area (Å²) in [5.74, 6) is 1.03. The van der Waals surface area contributed by atoms with Gasteiger partial charge in [0.2, 0.25) is 0 Å². The van der Waals surface area contributed by atoms with Gasteiger partial charge in [-0.15, -0.1) is 0 Å². The molecule has 0 radical (unpaired) electrons. The molecule has 1 saturated heterocycles. The Morgan fingerprint density at radius 1 is 1.30 bits per heavy atom. The van der Waals surface area contributed by atoms with Crippen LogP contribution in [0.15, 0.2) is 42.5 Å². The largest absolute Gasteiger partial charge is 0.336 e. The summed E-state index contributed by atoms with van der Waals surface area (Å²) in [6.07, 6.45) is 1.05. The van der Waals surface area contributed by atoms with E-state index in [-0.39, 0.29) is 11.3 Å². The number of aromatic nitrogens is 1. The zero-order valence-electron chi connectivity index (χ0n) is 16.6. The van der Waals surface area contributed by atoms with Crippen LogP contribution in [0, 0.1) is 11.8 Å². The van der Waals surface area contributed by atoms with Crippen LogP contribution in [0.1, 0.15) is 43.2 Å². The van der Waals surface area contributed by atoms with E-state index < -0.39 is 0 Å². The van der Waals surface area contributed by atoms with Crippen LogP contribution < -0.4 is 5.32 Å². The molecule has 1 N–H and O–H groups in total. The van der Waals surface area contributed by atoms with Gasteiger partial charge in [-0.1, -0.05) is 51.1 Å². The number of para-hydroxylation sites is 1. The van der Waals surface area contributed by atoms with Crippen molar-refractivity contribution in [3.8, 4) is 0 Å². The molecule has 1 amide bonds. The average molecular weight is 364 g/mol. The van der Waals surface area contributed by atoms with E-state index >= 15 is 0 Å². The average Bonchev–Trinajstić information content (AvgIpc) is 2.70. The fourth-order valence-electron chi connectivity index (χ4n) is 4.84. The Morgan fingerprint density at radius 2 is 2.00 bits per heavy atom. The van der Waals surface area contributed by atoms with Crippen molar-refractivity contribution in [2.45, 2.75) is 32.6 Å². The Morgan fingerprint density at radius 3 is 2.63 bits per heavy atom. The number of pyridine rings is 1. The topological polar surface area (TPSA) is 45.2 Å². The predicted molar refractivity (Wildman–Crippen MR) is 110 cm³/mol. The number of nitrogens with zero attached hydrogens (tertiary/aromatic N) is 2. The number of nitrogens with one attached hydrogen (secondary N) is 1. The van der Waals surface area contributed by atoms with Crippen LogP contribution >= 0.6 is 0 Å². The molecular formula is C23H29N3O. The third-order valence-electron chi connectivity index (χ3n) is 6.59. The van der Waals surface area contributed by atoms with Crippen LogP contribution in [0.2, 0.25) is 0 Å². The summed E-state index contributed by atoms with van der Waals surface area (Å²) in [5, 5.41) is 4.27.